The lowest BCUT2D eigenvalue weighted by Crippen LogP contribution is -2.47. The van der Waals surface area contributed by atoms with Gasteiger partial charge >= 0.3 is 10.6 Å². The van der Waals surface area contributed by atoms with Gasteiger partial charge in [0.2, 0.25) is 5.91 Å². The molecule has 154 valence electrons. The van der Waals surface area contributed by atoms with Gasteiger partial charge in [0, 0.05) is 29.3 Å². The molecule has 1 amide bonds. The van der Waals surface area contributed by atoms with Crippen LogP contribution in [0.3, 0.4) is 0 Å². The van der Waals surface area contributed by atoms with Crippen LogP contribution in [0.1, 0.15) is 34.6 Å². The number of amides is 1. The van der Waals surface area contributed by atoms with Gasteiger partial charge in [0.05, 0.1) is 33.0 Å². The normalized spacial score (nSPS) is 18.5. The molecular weight excluding hydrogens is 432 g/mol. The molecular formula is C15H29BrN2O7S. The average Bonchev–Trinajstić information content (AvgIpc) is 2.64. The minimum Gasteiger partial charge on any atom is -0.379 e. The lowest BCUT2D eigenvalue weighted by molar-refractivity contribution is -0.134. The first-order valence-corrected chi connectivity index (χ1v) is 9.98. The van der Waals surface area contributed by atoms with E-state index in [4.69, 9.17) is 26.8 Å². The smallest absolute Gasteiger partial charge is 0.379 e. The Balaban J connectivity index is 0.00000141. The number of halogens is 1. The fourth-order valence-corrected chi connectivity index (χ4v) is 2.91. The standard InChI is InChI=1S/C15H29BrN2O4.O3S/c1-6-20-9-10-22-12-11-21-8-7-17-13(19)14(2,3)18(16)15(17,4)5;1-4(2)3/h6-12H2,1-5H3;. The van der Waals surface area contributed by atoms with Crippen LogP contribution in [0, 0.1) is 0 Å². The topological polar surface area (TPSA) is 102 Å². The zero-order valence-electron chi connectivity index (χ0n) is 16.0. The molecule has 1 aliphatic heterocycles. The third-order valence-corrected chi connectivity index (χ3v) is 5.56. The average molecular weight is 461 g/mol. The van der Waals surface area contributed by atoms with Crippen LogP contribution in [-0.2, 0) is 29.6 Å². The molecule has 1 heterocycles. The van der Waals surface area contributed by atoms with Crippen LogP contribution in [0.15, 0.2) is 0 Å². The maximum Gasteiger partial charge on any atom is 0.425 e. The highest BCUT2D eigenvalue weighted by Gasteiger charge is 2.55. The van der Waals surface area contributed by atoms with Gasteiger partial charge in [-0.15, -0.1) is 12.6 Å². The van der Waals surface area contributed by atoms with E-state index in [9.17, 15) is 4.79 Å². The van der Waals surface area contributed by atoms with Crippen molar-refractivity contribution in [1.82, 2.24) is 8.83 Å². The van der Waals surface area contributed by atoms with Crippen LogP contribution in [0.2, 0.25) is 0 Å². The van der Waals surface area contributed by atoms with Crippen LogP contribution in [0.25, 0.3) is 0 Å². The summed E-state index contributed by atoms with van der Waals surface area (Å²) in [7, 11) is -3.11. The van der Waals surface area contributed by atoms with Crippen molar-refractivity contribution in [2.45, 2.75) is 45.8 Å². The second-order valence-corrected chi connectivity index (χ2v) is 7.53. The number of nitrogens with zero attached hydrogens (tertiary/aromatic N) is 2. The van der Waals surface area contributed by atoms with E-state index in [0.29, 0.717) is 46.2 Å². The van der Waals surface area contributed by atoms with Crippen molar-refractivity contribution in [3.05, 3.63) is 0 Å². The molecule has 0 unspecified atom stereocenters. The Hall–Kier alpha value is -0.590. The Bertz CT molecular complexity index is 532. The fraction of sp³-hybridized carbons (Fsp3) is 0.933. The van der Waals surface area contributed by atoms with E-state index in [1.54, 1.807) is 0 Å². The van der Waals surface area contributed by atoms with Crippen LogP contribution >= 0.6 is 16.1 Å². The molecule has 0 spiro atoms. The molecule has 0 aromatic carbocycles. The minimum absolute atomic E-state index is 0.103. The van der Waals surface area contributed by atoms with E-state index < -0.39 is 16.1 Å². The predicted octanol–water partition coefficient (Wildman–Crippen LogP) is 1.02. The molecule has 0 aromatic heterocycles. The third-order valence-electron chi connectivity index (χ3n) is 3.81. The molecule has 0 atom stereocenters. The van der Waals surface area contributed by atoms with Crippen molar-refractivity contribution in [1.29, 1.82) is 0 Å². The summed E-state index contributed by atoms with van der Waals surface area (Å²) in [6.07, 6.45) is 0. The van der Waals surface area contributed by atoms with Crippen molar-refractivity contribution < 1.29 is 31.6 Å². The van der Waals surface area contributed by atoms with E-state index in [2.05, 4.69) is 16.1 Å². The van der Waals surface area contributed by atoms with Crippen molar-refractivity contribution in [3.8, 4) is 0 Å². The lowest BCUT2D eigenvalue weighted by Gasteiger charge is -2.35. The van der Waals surface area contributed by atoms with Crippen molar-refractivity contribution in [3.63, 3.8) is 0 Å². The molecule has 0 aliphatic carbocycles. The highest BCUT2D eigenvalue weighted by Crippen LogP contribution is 2.40. The molecule has 1 fully saturated rings. The Morgan fingerprint density at radius 1 is 0.923 bits per heavy atom. The van der Waals surface area contributed by atoms with Gasteiger partial charge in [-0.1, -0.05) is 0 Å². The minimum atomic E-state index is -3.11. The van der Waals surface area contributed by atoms with Crippen molar-refractivity contribution in [2.24, 2.45) is 0 Å². The van der Waals surface area contributed by atoms with Gasteiger partial charge in [-0.05, 0) is 34.6 Å². The number of hydrogen-bond acceptors (Lipinski definition) is 8. The third kappa shape index (κ3) is 7.97. The highest BCUT2D eigenvalue weighted by molar-refractivity contribution is 9.07. The summed E-state index contributed by atoms with van der Waals surface area (Å²) in [6, 6.07) is 0. The second-order valence-electron chi connectivity index (χ2n) is 6.42. The largest absolute Gasteiger partial charge is 0.425 e. The van der Waals surface area contributed by atoms with Gasteiger partial charge < -0.3 is 19.1 Å². The maximum absolute atomic E-state index is 12.5. The SMILES string of the molecule is CCOCCOCCOCCN1C(=O)C(C)(C)N(Br)C1(C)C.O=S(=O)=O. The van der Waals surface area contributed by atoms with E-state index >= 15 is 0 Å². The predicted molar refractivity (Wildman–Crippen MR) is 98.5 cm³/mol. The van der Waals surface area contributed by atoms with Gasteiger partial charge in [0.15, 0.2) is 0 Å². The maximum atomic E-state index is 12.5. The van der Waals surface area contributed by atoms with Gasteiger partial charge in [0.1, 0.15) is 11.2 Å². The molecule has 1 aliphatic rings. The molecule has 0 radical (unpaired) electrons. The molecule has 1 rings (SSSR count). The first kappa shape index (κ1) is 25.4. The summed E-state index contributed by atoms with van der Waals surface area (Å²) in [5, 5.41) is 0. The van der Waals surface area contributed by atoms with E-state index in [1.807, 2.05) is 43.4 Å². The Kier molecular flexibility index (Phi) is 11.7. The summed E-state index contributed by atoms with van der Waals surface area (Å²) in [6.45, 7) is 13.9. The summed E-state index contributed by atoms with van der Waals surface area (Å²) in [5.41, 5.74) is -0.927. The molecule has 0 saturated carbocycles. The number of carbonyl (C=O) groups is 1. The number of carbonyl (C=O) groups excluding carboxylic acids is 1. The van der Waals surface area contributed by atoms with Gasteiger partial charge in [0.25, 0.3) is 0 Å². The summed E-state index contributed by atoms with van der Waals surface area (Å²) >= 11 is 3.52. The molecule has 9 nitrogen and oxygen atoms in total. The number of rotatable bonds is 10. The Labute approximate surface area is 165 Å². The van der Waals surface area contributed by atoms with Crippen molar-refractivity contribution >= 4 is 32.7 Å². The lowest BCUT2D eigenvalue weighted by atomic mass is 10.1. The zero-order valence-corrected chi connectivity index (χ0v) is 18.4. The van der Waals surface area contributed by atoms with Gasteiger partial charge in [-0.3, -0.25) is 4.79 Å². The molecule has 1 saturated heterocycles. The van der Waals surface area contributed by atoms with Gasteiger partial charge in [-0.2, -0.15) is 0 Å². The van der Waals surface area contributed by atoms with Crippen LogP contribution in [0.4, 0.5) is 0 Å². The highest BCUT2D eigenvalue weighted by atomic mass is 79.9. The monoisotopic (exact) mass is 460 g/mol. The van der Waals surface area contributed by atoms with E-state index in [-0.39, 0.29) is 11.6 Å². The summed E-state index contributed by atoms with van der Waals surface area (Å²) < 4.78 is 43.4. The molecule has 26 heavy (non-hydrogen) atoms. The first-order chi connectivity index (χ1) is 12.0. The molecule has 0 aromatic rings. The second kappa shape index (κ2) is 12.0. The van der Waals surface area contributed by atoms with E-state index in [0.717, 1.165) is 0 Å². The Morgan fingerprint density at radius 2 is 1.35 bits per heavy atom. The van der Waals surface area contributed by atoms with Crippen LogP contribution in [0.5, 0.6) is 0 Å². The quantitative estimate of drug-likeness (QED) is 0.351. The Morgan fingerprint density at radius 3 is 1.73 bits per heavy atom. The van der Waals surface area contributed by atoms with Gasteiger partial charge in [-0.25, -0.2) is 3.93 Å². The molecule has 0 N–H and O–H groups in total. The van der Waals surface area contributed by atoms with Crippen LogP contribution < -0.4 is 0 Å². The number of hydrogen-bond donors (Lipinski definition) is 0. The molecule has 11 heteroatoms. The summed E-state index contributed by atoms with van der Waals surface area (Å²) in [4.78, 5) is 14.3. The van der Waals surface area contributed by atoms with Crippen LogP contribution in [-0.4, -0.2) is 84.7 Å². The van der Waals surface area contributed by atoms with Crippen molar-refractivity contribution in [2.75, 3.05) is 46.2 Å². The summed E-state index contributed by atoms with van der Waals surface area (Å²) in [5.74, 6) is 0.103. The number of ether oxygens (including phenoxy) is 3. The van der Waals surface area contributed by atoms with E-state index in [1.165, 1.54) is 0 Å². The fourth-order valence-electron chi connectivity index (χ4n) is 2.57. The first-order valence-electron chi connectivity index (χ1n) is 8.27. The zero-order chi connectivity index (χ0) is 20.4. The molecule has 0 bridgehead atoms.